The number of nitrogens with one attached hydrogen (secondary N) is 2. The van der Waals surface area contributed by atoms with E-state index < -0.39 is 12.1 Å². The Kier molecular flexibility index (Phi) is 14.9. The Bertz CT molecular complexity index is 1100. The van der Waals surface area contributed by atoms with Gasteiger partial charge in [-0.2, -0.15) is 0 Å². The molecule has 0 aliphatic heterocycles. The van der Waals surface area contributed by atoms with Crippen molar-refractivity contribution in [2.75, 3.05) is 19.6 Å². The van der Waals surface area contributed by atoms with E-state index in [9.17, 15) is 14.4 Å². The van der Waals surface area contributed by atoms with Gasteiger partial charge in [0.1, 0.15) is 0 Å². The molecule has 7 nitrogen and oxygen atoms in total. The zero-order valence-electron chi connectivity index (χ0n) is 25.4. The standard InChI is InChI=1S/C33H49ClN4O3/c1-6-17-38(18-7-2)33(41)27-12-10-11-26(21-27)32(40)37-30(20-25-13-15-28(34)16-14-25)29(35)19-23(5)31(39)36-22-24(8-3)9-4/h10-16,21,23-24,29-30H,6-9,17-20,22,35H2,1-5H3,(H,36,39)(H,37,40)/t23-,29+,30+/m1/s1. The van der Waals surface area contributed by atoms with Gasteiger partial charge in [0.05, 0.1) is 0 Å². The van der Waals surface area contributed by atoms with Crippen molar-refractivity contribution in [3.63, 3.8) is 0 Å². The van der Waals surface area contributed by atoms with Gasteiger partial charge in [0, 0.05) is 53.8 Å². The maximum atomic E-state index is 13.5. The van der Waals surface area contributed by atoms with Crippen LogP contribution in [0.4, 0.5) is 0 Å². The monoisotopic (exact) mass is 584 g/mol. The van der Waals surface area contributed by atoms with Crippen LogP contribution in [0.2, 0.25) is 5.02 Å². The van der Waals surface area contributed by atoms with E-state index in [1.807, 2.05) is 49.9 Å². The van der Waals surface area contributed by atoms with E-state index in [-0.39, 0.29) is 23.6 Å². The number of carbonyl (C=O) groups excluding carboxylic acids is 3. The molecule has 41 heavy (non-hydrogen) atoms. The van der Waals surface area contributed by atoms with Gasteiger partial charge >= 0.3 is 0 Å². The summed E-state index contributed by atoms with van der Waals surface area (Å²) in [6.07, 6.45) is 4.65. The smallest absolute Gasteiger partial charge is 0.253 e. The van der Waals surface area contributed by atoms with E-state index in [2.05, 4.69) is 24.5 Å². The molecule has 226 valence electrons. The van der Waals surface area contributed by atoms with Crippen LogP contribution in [0.5, 0.6) is 0 Å². The highest BCUT2D eigenvalue weighted by Gasteiger charge is 2.26. The molecule has 4 N–H and O–H groups in total. The third-order valence-corrected chi connectivity index (χ3v) is 7.89. The summed E-state index contributed by atoms with van der Waals surface area (Å²) in [4.78, 5) is 41.3. The van der Waals surface area contributed by atoms with Crippen LogP contribution in [-0.4, -0.2) is 54.3 Å². The van der Waals surface area contributed by atoms with Crippen molar-refractivity contribution in [3.8, 4) is 0 Å². The first-order chi connectivity index (χ1) is 19.6. The number of carbonyl (C=O) groups is 3. The maximum Gasteiger partial charge on any atom is 0.253 e. The topological polar surface area (TPSA) is 105 Å². The number of rotatable bonds is 17. The number of nitrogens with two attached hydrogens (primary N) is 1. The average molecular weight is 585 g/mol. The third kappa shape index (κ3) is 11.1. The van der Waals surface area contributed by atoms with Gasteiger partial charge in [0.15, 0.2) is 0 Å². The van der Waals surface area contributed by atoms with Crippen LogP contribution in [0.1, 0.15) is 93.0 Å². The van der Waals surface area contributed by atoms with E-state index in [4.69, 9.17) is 17.3 Å². The van der Waals surface area contributed by atoms with Crippen LogP contribution in [0.3, 0.4) is 0 Å². The molecule has 0 aliphatic carbocycles. The van der Waals surface area contributed by atoms with E-state index in [1.54, 1.807) is 24.3 Å². The molecule has 2 rings (SSSR count). The summed E-state index contributed by atoms with van der Waals surface area (Å²) >= 11 is 6.08. The molecule has 0 heterocycles. The molecule has 2 aromatic rings. The first-order valence-corrected chi connectivity index (χ1v) is 15.5. The number of halogens is 1. The molecule has 0 bridgehead atoms. The van der Waals surface area contributed by atoms with E-state index >= 15 is 0 Å². The first-order valence-electron chi connectivity index (χ1n) is 15.1. The second-order valence-corrected chi connectivity index (χ2v) is 11.4. The fraction of sp³-hybridized carbons (Fsp3) is 0.545. The van der Waals surface area contributed by atoms with Crippen LogP contribution in [0.15, 0.2) is 48.5 Å². The van der Waals surface area contributed by atoms with Crippen LogP contribution >= 0.6 is 11.6 Å². The van der Waals surface area contributed by atoms with Gasteiger partial charge in [-0.1, -0.05) is 77.3 Å². The van der Waals surface area contributed by atoms with Gasteiger partial charge in [-0.25, -0.2) is 0 Å². The van der Waals surface area contributed by atoms with Crippen molar-refractivity contribution < 1.29 is 14.4 Å². The molecular formula is C33H49ClN4O3. The number of nitrogens with zero attached hydrogens (tertiary/aromatic N) is 1. The lowest BCUT2D eigenvalue weighted by Crippen LogP contribution is -2.50. The van der Waals surface area contributed by atoms with Crippen LogP contribution < -0.4 is 16.4 Å². The number of benzene rings is 2. The average Bonchev–Trinajstić information content (AvgIpc) is 2.97. The Balaban J connectivity index is 2.20. The molecule has 0 aliphatic rings. The molecular weight excluding hydrogens is 536 g/mol. The predicted octanol–water partition coefficient (Wildman–Crippen LogP) is 5.85. The number of hydrogen-bond acceptors (Lipinski definition) is 4. The maximum absolute atomic E-state index is 13.5. The fourth-order valence-electron chi connectivity index (χ4n) is 4.94. The van der Waals surface area contributed by atoms with Gasteiger partial charge in [-0.3, -0.25) is 14.4 Å². The zero-order valence-corrected chi connectivity index (χ0v) is 26.2. The highest BCUT2D eigenvalue weighted by atomic mass is 35.5. The lowest BCUT2D eigenvalue weighted by molar-refractivity contribution is -0.125. The van der Waals surface area contributed by atoms with E-state index in [0.717, 1.165) is 31.2 Å². The summed E-state index contributed by atoms with van der Waals surface area (Å²) < 4.78 is 0. The van der Waals surface area contributed by atoms with Crippen molar-refractivity contribution in [1.82, 2.24) is 15.5 Å². The summed E-state index contributed by atoms with van der Waals surface area (Å²) in [6.45, 7) is 12.2. The Labute approximate surface area is 251 Å². The first kappa shape index (κ1) is 34.3. The minimum atomic E-state index is -0.474. The van der Waals surface area contributed by atoms with Gasteiger partial charge in [0.25, 0.3) is 11.8 Å². The number of hydrogen-bond donors (Lipinski definition) is 3. The van der Waals surface area contributed by atoms with Gasteiger partial charge in [-0.15, -0.1) is 0 Å². The van der Waals surface area contributed by atoms with Crippen molar-refractivity contribution in [1.29, 1.82) is 0 Å². The fourth-order valence-corrected chi connectivity index (χ4v) is 5.07. The van der Waals surface area contributed by atoms with E-state index in [1.165, 1.54) is 0 Å². The third-order valence-electron chi connectivity index (χ3n) is 7.64. The summed E-state index contributed by atoms with van der Waals surface area (Å²) in [5, 5.41) is 6.79. The van der Waals surface area contributed by atoms with Gasteiger partial charge in [-0.05, 0) is 67.5 Å². The Morgan fingerprint density at radius 2 is 1.54 bits per heavy atom. The summed E-state index contributed by atoms with van der Waals surface area (Å²) in [5.74, 6) is -0.272. The van der Waals surface area contributed by atoms with Crippen molar-refractivity contribution in [2.24, 2.45) is 17.6 Å². The Morgan fingerprint density at radius 1 is 0.927 bits per heavy atom. The zero-order chi connectivity index (χ0) is 30.4. The lowest BCUT2D eigenvalue weighted by Gasteiger charge is -2.28. The van der Waals surface area contributed by atoms with Crippen LogP contribution in [0, 0.1) is 11.8 Å². The molecule has 0 unspecified atom stereocenters. The minimum absolute atomic E-state index is 0.0288. The van der Waals surface area contributed by atoms with Crippen LogP contribution in [0.25, 0.3) is 0 Å². The highest BCUT2D eigenvalue weighted by molar-refractivity contribution is 6.30. The SMILES string of the molecule is CCCN(CCC)C(=O)c1cccc(C(=O)N[C@@H](Cc2ccc(Cl)cc2)[C@@H](N)C[C@@H](C)C(=O)NCC(CC)CC)c1. The molecule has 0 aromatic heterocycles. The number of amides is 3. The van der Waals surface area contributed by atoms with Crippen LogP contribution in [-0.2, 0) is 11.2 Å². The minimum Gasteiger partial charge on any atom is -0.356 e. The van der Waals surface area contributed by atoms with Crippen molar-refractivity contribution in [2.45, 2.75) is 85.2 Å². The normalized spacial score (nSPS) is 13.4. The quantitative estimate of drug-likeness (QED) is 0.217. The summed E-state index contributed by atoms with van der Waals surface area (Å²) in [6, 6.07) is 13.4. The second-order valence-electron chi connectivity index (χ2n) is 11.0. The lowest BCUT2D eigenvalue weighted by atomic mass is 9.91. The van der Waals surface area contributed by atoms with Crippen molar-refractivity contribution >= 4 is 29.3 Å². The molecule has 0 radical (unpaired) electrons. The molecule has 3 atom stereocenters. The molecule has 0 fully saturated rings. The molecule has 3 amide bonds. The summed E-state index contributed by atoms with van der Waals surface area (Å²) in [7, 11) is 0. The second kappa shape index (κ2) is 17.8. The summed E-state index contributed by atoms with van der Waals surface area (Å²) in [5.41, 5.74) is 8.53. The van der Waals surface area contributed by atoms with Gasteiger partial charge < -0.3 is 21.3 Å². The molecule has 0 saturated carbocycles. The molecule has 8 heteroatoms. The largest absolute Gasteiger partial charge is 0.356 e. The highest BCUT2D eigenvalue weighted by Crippen LogP contribution is 2.17. The Hall–Kier alpha value is -2.90. The van der Waals surface area contributed by atoms with Gasteiger partial charge in [0.2, 0.25) is 5.91 Å². The Morgan fingerprint density at radius 3 is 2.12 bits per heavy atom. The molecule has 0 saturated heterocycles. The predicted molar refractivity (Wildman–Crippen MR) is 168 cm³/mol. The van der Waals surface area contributed by atoms with E-state index in [0.29, 0.717) is 54.5 Å². The molecule has 0 spiro atoms. The van der Waals surface area contributed by atoms with Crippen molar-refractivity contribution in [3.05, 3.63) is 70.2 Å². The molecule has 2 aromatic carbocycles.